The number of carbonyl (C=O) groups excluding carboxylic acids is 2. The van der Waals surface area contributed by atoms with Gasteiger partial charge in [0.2, 0.25) is 0 Å². The number of phenolic OH excluding ortho intramolecular Hbond substituents is 1. The Bertz CT molecular complexity index is 532. The zero-order valence-electron chi connectivity index (χ0n) is 12.1. The fourth-order valence-corrected chi connectivity index (χ4v) is 2.28. The number of aromatic hydroxyl groups is 1. The highest BCUT2D eigenvalue weighted by Gasteiger charge is 2.17. The molecule has 0 aromatic heterocycles. The molecule has 7 heteroatoms. The summed E-state index contributed by atoms with van der Waals surface area (Å²) in [5.74, 6) is -1.40. The van der Waals surface area contributed by atoms with Crippen molar-refractivity contribution in [2.24, 2.45) is 0 Å². The quantitative estimate of drug-likeness (QED) is 0.756. The van der Waals surface area contributed by atoms with Crippen LogP contribution < -0.4 is 5.32 Å². The van der Waals surface area contributed by atoms with Crippen molar-refractivity contribution in [3.63, 3.8) is 0 Å². The van der Waals surface area contributed by atoms with Crippen LogP contribution in [0.2, 0.25) is 0 Å². The van der Waals surface area contributed by atoms with E-state index in [1.807, 2.05) is 0 Å². The molecule has 0 bridgehead atoms. The predicted molar refractivity (Wildman–Crippen MR) is 80.3 cm³/mol. The van der Waals surface area contributed by atoms with Crippen LogP contribution in [0.15, 0.2) is 16.6 Å². The number of amides is 1. The lowest BCUT2D eigenvalue weighted by molar-refractivity contribution is -0.125. The molecular weight excluding hydrogens is 342 g/mol. The number of methoxy groups -OCH3 is 1. The maximum Gasteiger partial charge on any atom is 0.342 e. The van der Waals surface area contributed by atoms with Crippen LogP contribution in [0.5, 0.6) is 5.75 Å². The van der Waals surface area contributed by atoms with Crippen LogP contribution >= 0.6 is 15.9 Å². The molecule has 0 spiro atoms. The third kappa shape index (κ3) is 5.35. The van der Waals surface area contributed by atoms with E-state index in [0.717, 1.165) is 5.56 Å². The first-order chi connectivity index (χ1) is 9.85. The molecule has 1 aromatic rings. The van der Waals surface area contributed by atoms with E-state index in [9.17, 15) is 14.7 Å². The number of nitrogens with one attached hydrogen (secondary N) is 1. The molecule has 0 aliphatic heterocycles. The molecular formula is C14H18BrNO5. The van der Waals surface area contributed by atoms with Crippen molar-refractivity contribution >= 4 is 27.8 Å². The average Bonchev–Trinajstić information content (AvgIpc) is 2.40. The number of rotatable bonds is 6. The van der Waals surface area contributed by atoms with E-state index < -0.39 is 18.5 Å². The number of halogens is 1. The Hall–Kier alpha value is -1.60. The molecule has 0 aliphatic carbocycles. The monoisotopic (exact) mass is 359 g/mol. The summed E-state index contributed by atoms with van der Waals surface area (Å²) in [5.41, 5.74) is 0.796. The molecule has 1 amide bonds. The van der Waals surface area contributed by atoms with Gasteiger partial charge in [0, 0.05) is 13.2 Å². The second-order valence-electron chi connectivity index (χ2n) is 4.64. The molecule has 0 radical (unpaired) electrons. The van der Waals surface area contributed by atoms with Crippen LogP contribution in [-0.2, 0) is 14.3 Å². The summed E-state index contributed by atoms with van der Waals surface area (Å²) < 4.78 is 10.2. The molecule has 21 heavy (non-hydrogen) atoms. The van der Waals surface area contributed by atoms with Gasteiger partial charge in [-0.15, -0.1) is 0 Å². The van der Waals surface area contributed by atoms with Crippen molar-refractivity contribution in [3.05, 3.63) is 27.7 Å². The molecule has 0 saturated heterocycles. The van der Waals surface area contributed by atoms with Gasteiger partial charge in [-0.3, -0.25) is 4.79 Å². The first-order valence-corrected chi connectivity index (χ1v) is 7.09. The van der Waals surface area contributed by atoms with Crippen LogP contribution in [0.4, 0.5) is 0 Å². The molecule has 0 aliphatic rings. The van der Waals surface area contributed by atoms with Gasteiger partial charge in [0.25, 0.3) is 5.91 Å². The fraction of sp³-hybridized carbons (Fsp3) is 0.429. The van der Waals surface area contributed by atoms with Gasteiger partial charge < -0.3 is 19.9 Å². The highest BCUT2D eigenvalue weighted by molar-refractivity contribution is 9.10. The summed E-state index contributed by atoms with van der Waals surface area (Å²) in [4.78, 5) is 23.4. The predicted octanol–water partition coefficient (Wildman–Crippen LogP) is 1.77. The largest absolute Gasteiger partial charge is 0.506 e. The standard InChI is InChI=1S/C14H18BrNO5/c1-8-4-10(13(18)11(15)5-8)14(19)21-7-12(17)16-9(2)6-20-3/h4-5,9,18H,6-7H2,1-3H3,(H,16,17). The lowest BCUT2D eigenvalue weighted by atomic mass is 10.1. The van der Waals surface area contributed by atoms with Gasteiger partial charge in [0.15, 0.2) is 6.61 Å². The second kappa shape index (κ2) is 7.99. The Labute approximate surface area is 131 Å². The number of esters is 1. The van der Waals surface area contributed by atoms with Gasteiger partial charge in [-0.1, -0.05) is 0 Å². The summed E-state index contributed by atoms with van der Waals surface area (Å²) in [5, 5.41) is 12.4. The topological polar surface area (TPSA) is 84.9 Å². The van der Waals surface area contributed by atoms with Gasteiger partial charge in [0.1, 0.15) is 11.3 Å². The summed E-state index contributed by atoms with van der Waals surface area (Å²) in [7, 11) is 1.53. The van der Waals surface area contributed by atoms with Gasteiger partial charge in [-0.2, -0.15) is 0 Å². The average molecular weight is 360 g/mol. The number of hydrogen-bond donors (Lipinski definition) is 2. The minimum Gasteiger partial charge on any atom is -0.506 e. The third-order valence-electron chi connectivity index (χ3n) is 2.59. The SMILES string of the molecule is COCC(C)NC(=O)COC(=O)c1cc(C)cc(Br)c1O. The summed E-state index contributed by atoms with van der Waals surface area (Å²) in [6, 6.07) is 2.99. The Kier molecular flexibility index (Phi) is 6.64. The Morgan fingerprint density at radius 1 is 1.43 bits per heavy atom. The van der Waals surface area contributed by atoms with E-state index >= 15 is 0 Å². The summed E-state index contributed by atoms with van der Waals surface area (Å²) in [6.45, 7) is 3.50. The van der Waals surface area contributed by atoms with Crippen LogP contribution in [-0.4, -0.2) is 43.3 Å². The van der Waals surface area contributed by atoms with Crippen molar-refractivity contribution < 1.29 is 24.2 Å². The Balaban J connectivity index is 2.60. The lowest BCUT2D eigenvalue weighted by Gasteiger charge is -2.13. The first-order valence-electron chi connectivity index (χ1n) is 6.29. The van der Waals surface area contributed by atoms with Gasteiger partial charge >= 0.3 is 5.97 Å². The molecule has 1 atom stereocenters. The van der Waals surface area contributed by atoms with Crippen molar-refractivity contribution in [3.8, 4) is 5.75 Å². The van der Waals surface area contributed by atoms with E-state index in [2.05, 4.69) is 21.2 Å². The highest BCUT2D eigenvalue weighted by atomic mass is 79.9. The number of aryl methyl sites for hydroxylation is 1. The van der Waals surface area contributed by atoms with Gasteiger partial charge in [-0.25, -0.2) is 4.79 Å². The second-order valence-corrected chi connectivity index (χ2v) is 5.50. The molecule has 1 rings (SSSR count). The third-order valence-corrected chi connectivity index (χ3v) is 3.19. The highest BCUT2D eigenvalue weighted by Crippen LogP contribution is 2.29. The normalized spacial score (nSPS) is 11.8. The molecule has 116 valence electrons. The molecule has 6 nitrogen and oxygen atoms in total. The number of ether oxygens (including phenoxy) is 2. The first kappa shape index (κ1) is 17.5. The Morgan fingerprint density at radius 3 is 2.71 bits per heavy atom. The maximum atomic E-state index is 11.9. The number of benzene rings is 1. The van der Waals surface area contributed by atoms with Crippen molar-refractivity contribution in [2.75, 3.05) is 20.3 Å². The summed E-state index contributed by atoms with van der Waals surface area (Å²) in [6.07, 6.45) is 0. The molecule has 1 aromatic carbocycles. The van der Waals surface area contributed by atoms with Crippen LogP contribution in [0.25, 0.3) is 0 Å². The number of carbonyl (C=O) groups is 2. The molecule has 0 fully saturated rings. The lowest BCUT2D eigenvalue weighted by Crippen LogP contribution is -2.38. The Morgan fingerprint density at radius 2 is 2.10 bits per heavy atom. The van der Waals surface area contributed by atoms with E-state index in [-0.39, 0.29) is 17.4 Å². The van der Waals surface area contributed by atoms with Gasteiger partial charge in [0.05, 0.1) is 11.1 Å². The van der Waals surface area contributed by atoms with E-state index in [0.29, 0.717) is 11.1 Å². The van der Waals surface area contributed by atoms with E-state index in [1.165, 1.54) is 13.2 Å². The van der Waals surface area contributed by atoms with E-state index in [4.69, 9.17) is 9.47 Å². The van der Waals surface area contributed by atoms with Crippen LogP contribution in [0.3, 0.4) is 0 Å². The zero-order chi connectivity index (χ0) is 16.0. The van der Waals surface area contributed by atoms with Gasteiger partial charge in [-0.05, 0) is 47.5 Å². The summed E-state index contributed by atoms with van der Waals surface area (Å²) >= 11 is 3.14. The molecule has 0 heterocycles. The van der Waals surface area contributed by atoms with Crippen LogP contribution in [0, 0.1) is 6.92 Å². The minimum absolute atomic E-state index is 0.0135. The fourth-order valence-electron chi connectivity index (χ4n) is 1.71. The van der Waals surface area contributed by atoms with Crippen LogP contribution in [0.1, 0.15) is 22.8 Å². The molecule has 0 saturated carbocycles. The maximum absolute atomic E-state index is 11.9. The molecule has 2 N–H and O–H groups in total. The van der Waals surface area contributed by atoms with Crippen molar-refractivity contribution in [1.82, 2.24) is 5.32 Å². The minimum atomic E-state index is -0.758. The smallest absolute Gasteiger partial charge is 0.342 e. The van der Waals surface area contributed by atoms with Crippen molar-refractivity contribution in [1.29, 1.82) is 0 Å². The number of hydrogen-bond acceptors (Lipinski definition) is 5. The zero-order valence-corrected chi connectivity index (χ0v) is 13.7. The van der Waals surface area contributed by atoms with E-state index in [1.54, 1.807) is 19.9 Å². The number of phenols is 1. The van der Waals surface area contributed by atoms with Crippen molar-refractivity contribution in [2.45, 2.75) is 19.9 Å². The molecule has 1 unspecified atom stereocenters.